The van der Waals surface area contributed by atoms with Crippen molar-refractivity contribution < 1.29 is 18.8 Å². The van der Waals surface area contributed by atoms with Gasteiger partial charge in [-0.2, -0.15) is 5.10 Å². The number of benzene rings is 2. The Hall–Kier alpha value is -3.61. The molecule has 144 valence electrons. The highest BCUT2D eigenvalue weighted by Gasteiger charge is 2.64. The summed E-state index contributed by atoms with van der Waals surface area (Å²) >= 11 is 0. The van der Waals surface area contributed by atoms with Crippen molar-refractivity contribution in [2.75, 3.05) is 4.90 Å². The second-order valence-corrected chi connectivity index (χ2v) is 7.21. The number of anilines is 1. The highest BCUT2D eigenvalue weighted by molar-refractivity contribution is 6.24. The number of imide groups is 1. The summed E-state index contributed by atoms with van der Waals surface area (Å²) in [4.78, 5) is 40.7. The van der Waals surface area contributed by atoms with Gasteiger partial charge in [-0.1, -0.05) is 48.5 Å². The van der Waals surface area contributed by atoms with Crippen molar-refractivity contribution in [3.05, 3.63) is 78.1 Å². The van der Waals surface area contributed by atoms with Crippen LogP contribution in [0.3, 0.4) is 0 Å². The van der Waals surface area contributed by atoms with Gasteiger partial charge >= 0.3 is 0 Å². The zero-order chi connectivity index (χ0) is 20.1. The number of hydrazone groups is 1. The SMILES string of the molecule is O=C(c1ccccc1)[C@H]1[C@H]2C(=O)N(c3ccccc3F)C(=O)[C@H]2[C@@H]2C=CC=NN21. The van der Waals surface area contributed by atoms with Crippen LogP contribution in [0.2, 0.25) is 0 Å². The van der Waals surface area contributed by atoms with Crippen LogP contribution in [0.15, 0.2) is 71.9 Å². The predicted octanol–water partition coefficient (Wildman–Crippen LogP) is 2.42. The molecule has 4 atom stereocenters. The molecule has 2 fully saturated rings. The van der Waals surface area contributed by atoms with E-state index in [1.807, 2.05) is 0 Å². The van der Waals surface area contributed by atoms with Gasteiger partial charge in [0.1, 0.15) is 11.9 Å². The van der Waals surface area contributed by atoms with Gasteiger partial charge < -0.3 is 0 Å². The molecule has 0 aliphatic carbocycles. The molecule has 3 heterocycles. The molecule has 3 aliphatic rings. The number of hydrogen-bond donors (Lipinski definition) is 0. The van der Waals surface area contributed by atoms with Crippen LogP contribution in [0.1, 0.15) is 10.4 Å². The number of hydrogen-bond acceptors (Lipinski definition) is 5. The lowest BCUT2D eigenvalue weighted by Crippen LogP contribution is -2.46. The average molecular weight is 389 g/mol. The fourth-order valence-electron chi connectivity index (χ4n) is 4.48. The maximum absolute atomic E-state index is 14.4. The normalized spacial score (nSPS) is 27.3. The van der Waals surface area contributed by atoms with Gasteiger partial charge in [-0.15, -0.1) is 0 Å². The summed E-state index contributed by atoms with van der Waals surface area (Å²) < 4.78 is 14.4. The number of ketones is 1. The van der Waals surface area contributed by atoms with E-state index in [2.05, 4.69) is 5.10 Å². The molecule has 6 nitrogen and oxygen atoms in total. The van der Waals surface area contributed by atoms with Crippen molar-refractivity contribution >= 4 is 29.5 Å². The Labute approximate surface area is 165 Å². The molecule has 2 aromatic carbocycles. The minimum absolute atomic E-state index is 0.0855. The number of carbonyl (C=O) groups excluding carboxylic acids is 3. The molecule has 2 saturated heterocycles. The summed E-state index contributed by atoms with van der Waals surface area (Å²) in [5, 5.41) is 5.83. The highest BCUT2D eigenvalue weighted by atomic mass is 19.1. The molecule has 5 rings (SSSR count). The third kappa shape index (κ3) is 2.47. The zero-order valence-electron chi connectivity index (χ0n) is 15.2. The van der Waals surface area contributed by atoms with Crippen LogP contribution >= 0.6 is 0 Å². The van der Waals surface area contributed by atoms with Gasteiger partial charge in [-0.25, -0.2) is 9.29 Å². The van der Waals surface area contributed by atoms with Gasteiger partial charge in [0.25, 0.3) is 0 Å². The molecular formula is C22H16FN3O3. The maximum Gasteiger partial charge on any atom is 0.240 e. The molecule has 3 aliphatic heterocycles. The third-order valence-corrected chi connectivity index (χ3v) is 5.71. The van der Waals surface area contributed by atoms with Crippen LogP contribution in [0, 0.1) is 17.7 Å². The summed E-state index contributed by atoms with van der Waals surface area (Å²) in [6.07, 6.45) is 4.99. The van der Waals surface area contributed by atoms with Crippen LogP contribution in [0.25, 0.3) is 0 Å². The monoisotopic (exact) mass is 389 g/mol. The second-order valence-electron chi connectivity index (χ2n) is 7.21. The number of allylic oxidation sites excluding steroid dienone is 1. The molecule has 0 spiro atoms. The first-order valence-corrected chi connectivity index (χ1v) is 9.30. The molecule has 0 saturated carbocycles. The highest BCUT2D eigenvalue weighted by Crippen LogP contribution is 2.46. The molecule has 0 bridgehead atoms. The van der Waals surface area contributed by atoms with E-state index in [1.165, 1.54) is 24.4 Å². The van der Waals surface area contributed by atoms with Gasteiger partial charge in [-0.05, 0) is 18.2 Å². The van der Waals surface area contributed by atoms with Crippen molar-refractivity contribution in [1.29, 1.82) is 0 Å². The summed E-state index contributed by atoms with van der Waals surface area (Å²) in [5.74, 6) is -3.75. The van der Waals surface area contributed by atoms with Crippen molar-refractivity contribution in [3.63, 3.8) is 0 Å². The number of rotatable bonds is 3. The molecular weight excluding hydrogens is 373 g/mol. The van der Waals surface area contributed by atoms with Crippen molar-refractivity contribution in [1.82, 2.24) is 5.01 Å². The lowest BCUT2D eigenvalue weighted by Gasteiger charge is -2.30. The van der Waals surface area contributed by atoms with Crippen LogP contribution in [-0.2, 0) is 9.59 Å². The van der Waals surface area contributed by atoms with Crippen molar-refractivity contribution in [3.8, 4) is 0 Å². The Balaban J connectivity index is 1.61. The third-order valence-electron chi connectivity index (χ3n) is 5.71. The van der Waals surface area contributed by atoms with Gasteiger partial charge in [0, 0.05) is 11.8 Å². The standard InChI is InChI=1S/C22H16FN3O3/c23-14-9-4-5-10-15(14)25-21(28)17-16-11-6-12-24-26(16)19(18(17)22(25)29)20(27)13-7-2-1-3-8-13/h1-12,16-19H/t16-,17-,18-,19+/m0/s1. The maximum atomic E-state index is 14.4. The molecule has 0 aromatic heterocycles. The summed E-state index contributed by atoms with van der Waals surface area (Å²) in [6.45, 7) is 0. The average Bonchev–Trinajstić information content (AvgIpc) is 3.22. The number of halogens is 1. The van der Waals surface area contributed by atoms with E-state index < -0.39 is 41.6 Å². The first-order chi connectivity index (χ1) is 14.1. The van der Waals surface area contributed by atoms with Gasteiger partial charge in [0.15, 0.2) is 5.78 Å². The van der Waals surface area contributed by atoms with E-state index >= 15 is 0 Å². The Morgan fingerprint density at radius 3 is 2.38 bits per heavy atom. The lowest BCUT2D eigenvalue weighted by molar-refractivity contribution is -0.123. The Morgan fingerprint density at radius 1 is 0.931 bits per heavy atom. The van der Waals surface area contributed by atoms with E-state index in [9.17, 15) is 18.8 Å². The van der Waals surface area contributed by atoms with E-state index in [0.717, 1.165) is 4.90 Å². The summed E-state index contributed by atoms with van der Waals surface area (Å²) in [7, 11) is 0. The number of para-hydroxylation sites is 1. The summed E-state index contributed by atoms with van der Waals surface area (Å²) in [5.41, 5.74) is 0.351. The number of nitrogens with zero attached hydrogens (tertiary/aromatic N) is 3. The number of carbonyl (C=O) groups is 3. The second kappa shape index (κ2) is 6.48. The van der Waals surface area contributed by atoms with Crippen molar-refractivity contribution in [2.45, 2.75) is 12.1 Å². The molecule has 0 radical (unpaired) electrons. The number of fused-ring (bicyclic) bond motifs is 3. The minimum Gasteiger partial charge on any atom is -0.292 e. The van der Waals surface area contributed by atoms with E-state index in [-0.39, 0.29) is 11.5 Å². The topological polar surface area (TPSA) is 70.0 Å². The summed E-state index contributed by atoms with van der Waals surface area (Å²) in [6, 6.07) is 12.8. The van der Waals surface area contributed by atoms with Crippen molar-refractivity contribution in [2.24, 2.45) is 16.9 Å². The number of Topliss-reactive ketones (excluding diaryl/α,β-unsaturated/α-hetero) is 1. The van der Waals surface area contributed by atoms with Crippen LogP contribution in [0.5, 0.6) is 0 Å². The fraction of sp³-hybridized carbons (Fsp3) is 0.182. The molecule has 0 N–H and O–H groups in total. The molecule has 2 aromatic rings. The van der Waals surface area contributed by atoms with Crippen LogP contribution in [0.4, 0.5) is 10.1 Å². The first-order valence-electron chi connectivity index (χ1n) is 9.30. The first kappa shape index (κ1) is 17.5. The van der Waals surface area contributed by atoms with E-state index in [1.54, 1.807) is 53.6 Å². The van der Waals surface area contributed by atoms with Gasteiger partial charge in [-0.3, -0.25) is 19.4 Å². The van der Waals surface area contributed by atoms with Gasteiger partial charge in [0.2, 0.25) is 11.8 Å². The smallest absolute Gasteiger partial charge is 0.240 e. The predicted molar refractivity (Wildman–Crippen MR) is 104 cm³/mol. The molecule has 29 heavy (non-hydrogen) atoms. The quantitative estimate of drug-likeness (QED) is 0.597. The van der Waals surface area contributed by atoms with Crippen LogP contribution < -0.4 is 4.90 Å². The molecule has 0 unspecified atom stereocenters. The van der Waals surface area contributed by atoms with E-state index in [0.29, 0.717) is 5.56 Å². The largest absolute Gasteiger partial charge is 0.292 e. The minimum atomic E-state index is -0.931. The zero-order valence-corrected chi connectivity index (χ0v) is 15.2. The van der Waals surface area contributed by atoms with E-state index in [4.69, 9.17) is 0 Å². The number of amides is 2. The van der Waals surface area contributed by atoms with Crippen LogP contribution in [-0.4, -0.2) is 40.9 Å². The Kier molecular flexibility index (Phi) is 3.91. The van der Waals surface area contributed by atoms with Gasteiger partial charge in [0.05, 0.1) is 23.6 Å². The Morgan fingerprint density at radius 2 is 1.62 bits per heavy atom. The molecule has 2 amide bonds. The Bertz CT molecular complexity index is 1080. The molecule has 7 heteroatoms. The fourth-order valence-corrected chi connectivity index (χ4v) is 4.48. The lowest BCUT2D eigenvalue weighted by atomic mass is 9.86.